The molecule has 0 aliphatic heterocycles. The van der Waals surface area contributed by atoms with Crippen molar-refractivity contribution in [3.63, 3.8) is 0 Å². The van der Waals surface area contributed by atoms with Gasteiger partial charge in [0, 0.05) is 11.8 Å². The van der Waals surface area contributed by atoms with E-state index in [1.165, 1.54) is 19.3 Å². The topological polar surface area (TPSA) is 65.2 Å². The summed E-state index contributed by atoms with van der Waals surface area (Å²) in [7, 11) is 1.32. The van der Waals surface area contributed by atoms with Crippen LogP contribution in [0.4, 0.5) is 5.69 Å². The number of anilines is 1. The lowest BCUT2D eigenvalue weighted by atomic mass is 10.2. The maximum absolute atomic E-state index is 10.8. The predicted molar refractivity (Wildman–Crippen MR) is 54.4 cm³/mol. The summed E-state index contributed by atoms with van der Waals surface area (Å²) in [6.45, 7) is 1.86. The molecule has 1 aromatic heterocycles. The average molecular weight is 192 g/mol. The van der Waals surface area contributed by atoms with Gasteiger partial charge in [0.15, 0.2) is 0 Å². The zero-order valence-corrected chi connectivity index (χ0v) is 8.15. The van der Waals surface area contributed by atoms with Gasteiger partial charge < -0.3 is 10.5 Å². The van der Waals surface area contributed by atoms with Gasteiger partial charge in [0.25, 0.3) is 0 Å². The molecule has 2 N–H and O–H groups in total. The van der Waals surface area contributed by atoms with Gasteiger partial charge in [-0.15, -0.1) is 0 Å². The van der Waals surface area contributed by atoms with Gasteiger partial charge in [-0.25, -0.2) is 4.79 Å². The van der Waals surface area contributed by atoms with Crippen LogP contribution in [-0.2, 0) is 9.53 Å². The number of pyridine rings is 1. The molecule has 0 unspecified atom stereocenters. The predicted octanol–water partition coefficient (Wildman–Crippen LogP) is 1.16. The van der Waals surface area contributed by atoms with Gasteiger partial charge >= 0.3 is 5.97 Å². The van der Waals surface area contributed by atoms with E-state index < -0.39 is 5.97 Å². The van der Waals surface area contributed by atoms with Gasteiger partial charge in [-0.05, 0) is 25.1 Å². The molecule has 74 valence electrons. The Balaban J connectivity index is 2.90. The highest BCUT2D eigenvalue weighted by Crippen LogP contribution is 2.10. The van der Waals surface area contributed by atoms with Crippen molar-refractivity contribution in [3.05, 3.63) is 29.6 Å². The van der Waals surface area contributed by atoms with Crippen molar-refractivity contribution >= 4 is 17.7 Å². The maximum Gasteiger partial charge on any atom is 0.330 e. The van der Waals surface area contributed by atoms with Crippen molar-refractivity contribution in [2.75, 3.05) is 12.8 Å². The van der Waals surface area contributed by atoms with Crippen molar-refractivity contribution in [2.45, 2.75) is 6.92 Å². The molecule has 0 aliphatic rings. The zero-order valence-electron chi connectivity index (χ0n) is 8.15. The van der Waals surface area contributed by atoms with Crippen molar-refractivity contribution in [1.29, 1.82) is 0 Å². The molecule has 0 amide bonds. The van der Waals surface area contributed by atoms with Crippen LogP contribution < -0.4 is 5.73 Å². The summed E-state index contributed by atoms with van der Waals surface area (Å²) in [6, 6.07) is 3.56. The molecule has 4 nitrogen and oxygen atoms in total. The van der Waals surface area contributed by atoms with Crippen molar-refractivity contribution in [1.82, 2.24) is 4.98 Å². The Morgan fingerprint density at radius 3 is 2.93 bits per heavy atom. The van der Waals surface area contributed by atoms with E-state index in [0.717, 1.165) is 5.69 Å². The highest BCUT2D eigenvalue weighted by atomic mass is 16.5. The van der Waals surface area contributed by atoms with Crippen LogP contribution in [0.1, 0.15) is 11.4 Å². The lowest BCUT2D eigenvalue weighted by Crippen LogP contribution is -1.97. The summed E-state index contributed by atoms with van der Waals surface area (Å²) >= 11 is 0. The lowest BCUT2D eigenvalue weighted by Gasteiger charge is -1.99. The fourth-order valence-electron chi connectivity index (χ4n) is 0.936. The van der Waals surface area contributed by atoms with Crippen molar-refractivity contribution in [3.8, 4) is 0 Å². The molecule has 1 heterocycles. The third kappa shape index (κ3) is 2.58. The molecule has 1 aromatic rings. The molecular weight excluding hydrogens is 180 g/mol. The fourth-order valence-corrected chi connectivity index (χ4v) is 0.936. The van der Waals surface area contributed by atoms with Crippen molar-refractivity contribution in [2.24, 2.45) is 0 Å². The number of hydrogen-bond donors (Lipinski definition) is 1. The number of rotatable bonds is 2. The second-order valence-corrected chi connectivity index (χ2v) is 2.78. The van der Waals surface area contributed by atoms with Crippen LogP contribution in [0.2, 0.25) is 0 Å². The van der Waals surface area contributed by atoms with Crippen LogP contribution in [0.3, 0.4) is 0 Å². The second-order valence-electron chi connectivity index (χ2n) is 2.78. The molecule has 0 bridgehead atoms. The first kappa shape index (κ1) is 10.2. The Labute approximate surface area is 82.4 Å². The first-order valence-corrected chi connectivity index (χ1v) is 4.12. The number of aromatic nitrogens is 1. The van der Waals surface area contributed by atoms with Crippen LogP contribution in [0.5, 0.6) is 0 Å². The molecule has 0 aromatic carbocycles. The van der Waals surface area contributed by atoms with Crippen LogP contribution >= 0.6 is 0 Å². The van der Waals surface area contributed by atoms with E-state index in [1.54, 1.807) is 6.07 Å². The normalized spacial score (nSPS) is 10.4. The minimum absolute atomic E-state index is 0.423. The SMILES string of the molecule is COC(=O)/C=C/c1nc(C)ccc1N. The van der Waals surface area contributed by atoms with Gasteiger partial charge in [-0.1, -0.05) is 0 Å². The molecule has 1 rings (SSSR count). The fraction of sp³-hybridized carbons (Fsp3) is 0.200. The van der Waals surface area contributed by atoms with Crippen LogP contribution in [0.15, 0.2) is 18.2 Å². The summed E-state index contributed by atoms with van der Waals surface area (Å²) in [5.41, 5.74) is 7.62. The van der Waals surface area contributed by atoms with Gasteiger partial charge in [0.05, 0.1) is 18.5 Å². The highest BCUT2D eigenvalue weighted by molar-refractivity contribution is 5.87. The molecular formula is C10H12N2O2. The number of nitrogens with zero attached hydrogens (tertiary/aromatic N) is 1. The van der Waals surface area contributed by atoms with E-state index in [2.05, 4.69) is 9.72 Å². The standard InChI is InChI=1S/C10H12N2O2/c1-7-3-4-8(11)9(12-7)5-6-10(13)14-2/h3-6H,11H2,1-2H3/b6-5+. The molecule has 4 heteroatoms. The first-order valence-electron chi connectivity index (χ1n) is 4.12. The van der Waals surface area contributed by atoms with Gasteiger partial charge in [0.2, 0.25) is 0 Å². The Hall–Kier alpha value is -1.84. The second kappa shape index (κ2) is 4.41. The highest BCUT2D eigenvalue weighted by Gasteiger charge is 1.98. The largest absolute Gasteiger partial charge is 0.466 e. The van der Waals surface area contributed by atoms with E-state index in [9.17, 15) is 4.79 Å². The number of aryl methyl sites for hydroxylation is 1. The smallest absolute Gasteiger partial charge is 0.330 e. The summed E-state index contributed by atoms with van der Waals surface area (Å²) in [5.74, 6) is -0.423. The van der Waals surface area contributed by atoms with Crippen LogP contribution in [-0.4, -0.2) is 18.1 Å². The molecule has 0 spiro atoms. The number of ether oxygens (including phenoxy) is 1. The third-order valence-electron chi connectivity index (χ3n) is 1.68. The molecule has 0 aliphatic carbocycles. The summed E-state index contributed by atoms with van der Waals surface area (Å²) in [4.78, 5) is 15.0. The number of hydrogen-bond acceptors (Lipinski definition) is 4. The third-order valence-corrected chi connectivity index (χ3v) is 1.68. The number of nitrogen functional groups attached to an aromatic ring is 1. The quantitative estimate of drug-likeness (QED) is 0.564. The number of carbonyl (C=O) groups is 1. The Morgan fingerprint density at radius 2 is 2.29 bits per heavy atom. The van der Waals surface area contributed by atoms with Crippen LogP contribution in [0, 0.1) is 6.92 Å². The number of esters is 1. The Kier molecular flexibility index (Phi) is 3.23. The first-order chi connectivity index (χ1) is 6.63. The van der Waals surface area contributed by atoms with Gasteiger partial charge in [-0.3, -0.25) is 4.98 Å². The molecule has 14 heavy (non-hydrogen) atoms. The zero-order chi connectivity index (χ0) is 10.6. The summed E-state index contributed by atoms with van der Waals surface area (Å²) in [5, 5.41) is 0. The van der Waals surface area contributed by atoms with E-state index in [4.69, 9.17) is 5.73 Å². The molecule has 0 saturated heterocycles. The Morgan fingerprint density at radius 1 is 1.57 bits per heavy atom. The number of carbonyl (C=O) groups excluding carboxylic acids is 1. The van der Waals surface area contributed by atoms with Crippen LogP contribution in [0.25, 0.3) is 6.08 Å². The minimum atomic E-state index is -0.423. The molecule has 0 fully saturated rings. The number of methoxy groups -OCH3 is 1. The average Bonchev–Trinajstić information content (AvgIpc) is 2.19. The Bertz CT molecular complexity index is 372. The molecule has 0 atom stereocenters. The van der Waals surface area contributed by atoms with E-state index in [-0.39, 0.29) is 0 Å². The summed E-state index contributed by atoms with van der Waals surface area (Å²) < 4.78 is 4.45. The van der Waals surface area contributed by atoms with Gasteiger partial charge in [-0.2, -0.15) is 0 Å². The monoisotopic (exact) mass is 192 g/mol. The van der Waals surface area contributed by atoms with E-state index in [0.29, 0.717) is 11.4 Å². The van der Waals surface area contributed by atoms with E-state index >= 15 is 0 Å². The summed E-state index contributed by atoms with van der Waals surface area (Å²) in [6.07, 6.45) is 2.83. The maximum atomic E-state index is 10.8. The number of nitrogens with two attached hydrogens (primary N) is 1. The molecule has 0 radical (unpaired) electrons. The molecule has 0 saturated carbocycles. The van der Waals surface area contributed by atoms with E-state index in [1.807, 2.05) is 13.0 Å². The lowest BCUT2D eigenvalue weighted by molar-refractivity contribution is -0.134. The van der Waals surface area contributed by atoms with Gasteiger partial charge in [0.1, 0.15) is 0 Å². The van der Waals surface area contributed by atoms with Crippen molar-refractivity contribution < 1.29 is 9.53 Å². The minimum Gasteiger partial charge on any atom is -0.466 e.